The van der Waals surface area contributed by atoms with Gasteiger partial charge in [-0.1, -0.05) is 43.7 Å². The number of hydrogen-bond donors (Lipinski definition) is 1. The largest absolute Gasteiger partial charge is 0.508 e. The van der Waals surface area contributed by atoms with Crippen molar-refractivity contribution in [3.63, 3.8) is 0 Å². The highest BCUT2D eigenvalue weighted by molar-refractivity contribution is 5.80. The lowest BCUT2D eigenvalue weighted by Crippen LogP contribution is -2.45. The minimum atomic E-state index is -1.14. The van der Waals surface area contributed by atoms with E-state index in [9.17, 15) is 9.90 Å². The summed E-state index contributed by atoms with van der Waals surface area (Å²) in [6.07, 6.45) is 2.08. The Morgan fingerprint density at radius 2 is 1.84 bits per heavy atom. The average molecular weight is 342 g/mol. The summed E-state index contributed by atoms with van der Waals surface area (Å²) in [6, 6.07) is 14.7. The number of aromatic hydroxyl groups is 1. The number of benzene rings is 2. The molecular formula is C21H26O4. The van der Waals surface area contributed by atoms with E-state index in [0.717, 1.165) is 24.0 Å². The molecule has 0 saturated heterocycles. The fourth-order valence-corrected chi connectivity index (χ4v) is 2.79. The molecule has 1 unspecified atom stereocenters. The van der Waals surface area contributed by atoms with E-state index in [0.29, 0.717) is 18.8 Å². The van der Waals surface area contributed by atoms with Crippen LogP contribution in [0.15, 0.2) is 48.5 Å². The number of esters is 1. The third-order valence-electron chi connectivity index (χ3n) is 4.00. The third-order valence-corrected chi connectivity index (χ3v) is 4.00. The molecule has 0 saturated carbocycles. The van der Waals surface area contributed by atoms with Gasteiger partial charge in [-0.2, -0.15) is 0 Å². The van der Waals surface area contributed by atoms with Crippen molar-refractivity contribution in [1.82, 2.24) is 0 Å². The molecule has 1 N–H and O–H groups in total. The molecule has 4 heteroatoms. The van der Waals surface area contributed by atoms with Gasteiger partial charge in [-0.25, -0.2) is 4.79 Å². The number of hydrogen-bond acceptors (Lipinski definition) is 4. The second-order valence-corrected chi connectivity index (χ2v) is 6.26. The number of phenols is 1. The molecule has 0 radical (unpaired) electrons. The quantitative estimate of drug-likeness (QED) is 0.727. The van der Waals surface area contributed by atoms with Crippen molar-refractivity contribution in [2.24, 2.45) is 0 Å². The lowest BCUT2D eigenvalue weighted by molar-refractivity contribution is -0.160. The molecule has 2 aromatic rings. The van der Waals surface area contributed by atoms with Crippen LogP contribution in [0.1, 0.15) is 38.3 Å². The Kier molecular flexibility index (Phi) is 6.45. The highest BCUT2D eigenvalue weighted by atomic mass is 16.6. The summed E-state index contributed by atoms with van der Waals surface area (Å²) in [4.78, 5) is 12.6. The van der Waals surface area contributed by atoms with Crippen LogP contribution < -0.4 is 4.74 Å². The van der Waals surface area contributed by atoms with Crippen LogP contribution in [0.25, 0.3) is 0 Å². The van der Waals surface area contributed by atoms with Crippen molar-refractivity contribution in [2.45, 2.75) is 45.6 Å². The van der Waals surface area contributed by atoms with E-state index in [1.54, 1.807) is 19.9 Å². The number of phenolic OH excluding ortho intramolecular Hbond substituents is 1. The molecule has 4 nitrogen and oxygen atoms in total. The van der Waals surface area contributed by atoms with Gasteiger partial charge >= 0.3 is 5.97 Å². The zero-order chi connectivity index (χ0) is 18.3. The second-order valence-electron chi connectivity index (χ2n) is 6.26. The molecule has 0 spiro atoms. The first-order valence-corrected chi connectivity index (χ1v) is 8.70. The van der Waals surface area contributed by atoms with E-state index >= 15 is 0 Å². The number of carbonyl (C=O) groups excluding carboxylic acids is 1. The number of carbonyl (C=O) groups is 1. The summed E-state index contributed by atoms with van der Waals surface area (Å²) in [7, 11) is 0. The van der Waals surface area contributed by atoms with Gasteiger partial charge in [0.1, 0.15) is 11.5 Å². The zero-order valence-corrected chi connectivity index (χ0v) is 15.1. The minimum Gasteiger partial charge on any atom is -0.508 e. The van der Waals surface area contributed by atoms with Gasteiger partial charge in [0.25, 0.3) is 0 Å². The predicted molar refractivity (Wildman–Crippen MR) is 97.9 cm³/mol. The van der Waals surface area contributed by atoms with Crippen LogP contribution in [0.5, 0.6) is 11.5 Å². The van der Waals surface area contributed by atoms with Gasteiger partial charge in [-0.15, -0.1) is 0 Å². The molecule has 0 bridgehead atoms. The van der Waals surface area contributed by atoms with Crippen LogP contribution in [-0.4, -0.2) is 23.3 Å². The maximum Gasteiger partial charge on any atom is 0.350 e. The topological polar surface area (TPSA) is 55.8 Å². The molecule has 0 heterocycles. The Labute approximate surface area is 149 Å². The molecule has 0 aliphatic heterocycles. The highest BCUT2D eigenvalue weighted by Gasteiger charge is 2.37. The first kappa shape index (κ1) is 18.8. The van der Waals surface area contributed by atoms with Gasteiger partial charge in [0.15, 0.2) is 0 Å². The van der Waals surface area contributed by atoms with Crippen LogP contribution in [0.4, 0.5) is 0 Å². The second kappa shape index (κ2) is 8.56. The maximum absolute atomic E-state index is 12.6. The van der Waals surface area contributed by atoms with Crippen LogP contribution in [0.3, 0.4) is 0 Å². The lowest BCUT2D eigenvalue weighted by Gasteiger charge is -2.29. The zero-order valence-electron chi connectivity index (χ0n) is 15.1. The highest BCUT2D eigenvalue weighted by Crippen LogP contribution is 2.27. The molecule has 1 atom stereocenters. The van der Waals surface area contributed by atoms with Crippen molar-refractivity contribution in [3.05, 3.63) is 59.7 Å². The monoisotopic (exact) mass is 342 g/mol. The fourth-order valence-electron chi connectivity index (χ4n) is 2.79. The summed E-state index contributed by atoms with van der Waals surface area (Å²) in [5.41, 5.74) is 0.663. The van der Waals surface area contributed by atoms with E-state index < -0.39 is 11.6 Å². The third kappa shape index (κ3) is 4.99. The van der Waals surface area contributed by atoms with Crippen molar-refractivity contribution in [3.8, 4) is 11.5 Å². The first-order chi connectivity index (χ1) is 12.0. The summed E-state index contributed by atoms with van der Waals surface area (Å²) in [5, 5.41) is 9.97. The predicted octanol–water partition coefficient (Wildman–Crippen LogP) is 4.29. The molecule has 2 rings (SSSR count). The van der Waals surface area contributed by atoms with Gasteiger partial charge in [-0.05, 0) is 49.6 Å². The molecule has 25 heavy (non-hydrogen) atoms. The standard InChI is InChI=1S/C21H26O4/c1-4-9-17-14-16(12-13-19(17)22)15-21(3,20(23)24-5-2)25-18-10-7-6-8-11-18/h6-8,10-14,22H,4-5,9,15H2,1-3H3. The molecule has 0 aliphatic rings. The van der Waals surface area contributed by atoms with E-state index in [1.165, 1.54) is 0 Å². The van der Waals surface area contributed by atoms with Crippen molar-refractivity contribution in [2.75, 3.05) is 6.61 Å². The molecule has 134 valence electrons. The molecule has 2 aromatic carbocycles. The Morgan fingerprint density at radius 1 is 1.12 bits per heavy atom. The van der Waals surface area contributed by atoms with E-state index in [2.05, 4.69) is 6.92 Å². The lowest BCUT2D eigenvalue weighted by atomic mass is 9.94. The van der Waals surface area contributed by atoms with E-state index in [4.69, 9.17) is 9.47 Å². The summed E-state index contributed by atoms with van der Waals surface area (Å²) < 4.78 is 11.3. The van der Waals surface area contributed by atoms with E-state index in [1.807, 2.05) is 42.5 Å². The molecule has 0 fully saturated rings. The normalized spacial score (nSPS) is 13.1. The number of aryl methyl sites for hydroxylation is 1. The Bertz CT molecular complexity index is 696. The summed E-state index contributed by atoms with van der Waals surface area (Å²) in [5.74, 6) is 0.502. The van der Waals surface area contributed by atoms with Crippen LogP contribution in [-0.2, 0) is 22.4 Å². The van der Waals surface area contributed by atoms with Crippen LogP contribution in [0, 0.1) is 0 Å². The SMILES string of the molecule is CCCc1cc(CC(C)(Oc2ccccc2)C(=O)OCC)ccc1O. The van der Waals surface area contributed by atoms with Gasteiger partial charge < -0.3 is 14.6 Å². The fraction of sp³-hybridized carbons (Fsp3) is 0.381. The summed E-state index contributed by atoms with van der Waals surface area (Å²) >= 11 is 0. The van der Waals surface area contributed by atoms with Crippen LogP contribution >= 0.6 is 0 Å². The van der Waals surface area contributed by atoms with Gasteiger partial charge in [-0.3, -0.25) is 0 Å². The Balaban J connectivity index is 2.29. The summed E-state index contributed by atoms with van der Waals surface area (Å²) in [6.45, 7) is 5.88. The van der Waals surface area contributed by atoms with Crippen LogP contribution in [0.2, 0.25) is 0 Å². The van der Waals surface area contributed by atoms with E-state index in [-0.39, 0.29) is 5.75 Å². The van der Waals surface area contributed by atoms with Crippen molar-refractivity contribution < 1.29 is 19.4 Å². The Hall–Kier alpha value is -2.49. The van der Waals surface area contributed by atoms with Crippen molar-refractivity contribution >= 4 is 5.97 Å². The molecule has 0 amide bonds. The van der Waals surface area contributed by atoms with Gasteiger partial charge in [0.05, 0.1) is 6.61 Å². The van der Waals surface area contributed by atoms with Gasteiger partial charge in [0.2, 0.25) is 5.60 Å². The number of ether oxygens (including phenoxy) is 2. The molecule has 0 aliphatic carbocycles. The minimum absolute atomic E-state index is 0.285. The Morgan fingerprint density at radius 3 is 2.48 bits per heavy atom. The average Bonchev–Trinajstić information content (AvgIpc) is 2.59. The smallest absolute Gasteiger partial charge is 0.350 e. The number of para-hydroxylation sites is 1. The molecular weight excluding hydrogens is 316 g/mol. The first-order valence-electron chi connectivity index (χ1n) is 8.70. The maximum atomic E-state index is 12.6. The number of rotatable bonds is 8. The van der Waals surface area contributed by atoms with Gasteiger partial charge in [0, 0.05) is 6.42 Å². The van der Waals surface area contributed by atoms with Crippen molar-refractivity contribution in [1.29, 1.82) is 0 Å². The molecule has 0 aromatic heterocycles.